The van der Waals surface area contributed by atoms with Gasteiger partial charge in [0.15, 0.2) is 0 Å². The molecule has 0 fully saturated rings. The van der Waals surface area contributed by atoms with E-state index < -0.39 is 0 Å². The Hall–Kier alpha value is -1.58. The van der Waals surface area contributed by atoms with E-state index in [9.17, 15) is 4.79 Å². The number of rotatable bonds is 4. The summed E-state index contributed by atoms with van der Waals surface area (Å²) in [6, 6.07) is 1.81. The molecule has 0 saturated carbocycles. The quantitative estimate of drug-likeness (QED) is 0.776. The highest BCUT2D eigenvalue weighted by atomic mass is 16.5. The van der Waals surface area contributed by atoms with E-state index in [1.54, 1.807) is 6.20 Å². The van der Waals surface area contributed by atoms with Crippen molar-refractivity contribution in [3.63, 3.8) is 0 Å². The predicted octanol–water partition coefficient (Wildman–Crippen LogP) is 2.38. The van der Waals surface area contributed by atoms with Crippen molar-refractivity contribution in [2.75, 3.05) is 11.9 Å². The van der Waals surface area contributed by atoms with Gasteiger partial charge in [0.05, 0.1) is 6.61 Å². The van der Waals surface area contributed by atoms with E-state index in [1.165, 1.54) is 0 Å². The van der Waals surface area contributed by atoms with Crippen LogP contribution in [0.15, 0.2) is 12.3 Å². The van der Waals surface area contributed by atoms with E-state index in [0.717, 1.165) is 5.56 Å². The lowest BCUT2D eigenvalue weighted by Gasteiger charge is -2.07. The molecule has 0 aromatic carbocycles. The topological polar surface area (TPSA) is 51.2 Å². The lowest BCUT2D eigenvalue weighted by molar-refractivity contribution is -0.105. The summed E-state index contributed by atoms with van der Waals surface area (Å²) in [5.74, 6) is 0.459. The zero-order valence-electron chi connectivity index (χ0n) is 9.70. The first-order valence-corrected chi connectivity index (χ1v) is 5.07. The highest BCUT2D eigenvalue weighted by Gasteiger charge is 2.03. The molecule has 0 saturated heterocycles. The van der Waals surface area contributed by atoms with E-state index in [0.29, 0.717) is 24.6 Å². The van der Waals surface area contributed by atoms with E-state index >= 15 is 0 Å². The molecule has 1 aromatic heterocycles. The van der Waals surface area contributed by atoms with Crippen molar-refractivity contribution >= 4 is 12.1 Å². The molecule has 1 N–H and O–H groups in total. The van der Waals surface area contributed by atoms with E-state index in [2.05, 4.69) is 10.3 Å². The maximum Gasteiger partial charge on any atom is 0.237 e. The second-order valence-corrected chi connectivity index (χ2v) is 2.56. The number of amides is 1. The largest absolute Gasteiger partial charge is 0.476 e. The van der Waals surface area contributed by atoms with E-state index in [-0.39, 0.29) is 0 Å². The third kappa shape index (κ3) is 4.44. The van der Waals surface area contributed by atoms with Crippen LogP contribution in [0.2, 0.25) is 0 Å². The molecule has 1 rings (SSSR count). The van der Waals surface area contributed by atoms with Gasteiger partial charge in [-0.25, -0.2) is 4.98 Å². The summed E-state index contributed by atoms with van der Waals surface area (Å²) >= 11 is 0. The molecule has 0 bridgehead atoms. The molecular formula is C11H18N2O2. The summed E-state index contributed by atoms with van der Waals surface area (Å²) in [5.41, 5.74) is 1.59. The molecule has 0 spiro atoms. The number of anilines is 1. The zero-order chi connectivity index (χ0) is 11.7. The number of hydrogen-bond donors (Lipinski definition) is 1. The molecule has 4 heteroatoms. The minimum absolute atomic E-state index is 0.459. The normalized spacial score (nSPS) is 8.53. The Morgan fingerprint density at radius 1 is 1.53 bits per heavy atom. The minimum atomic E-state index is 0.459. The molecule has 0 aliphatic rings. The van der Waals surface area contributed by atoms with Crippen LogP contribution in [0.5, 0.6) is 5.88 Å². The van der Waals surface area contributed by atoms with Gasteiger partial charge in [0.2, 0.25) is 12.3 Å². The van der Waals surface area contributed by atoms with Crippen LogP contribution in [0, 0.1) is 6.92 Å². The molecule has 1 aromatic rings. The summed E-state index contributed by atoms with van der Waals surface area (Å²) in [6.07, 6.45) is 2.31. The Morgan fingerprint density at radius 3 is 2.73 bits per heavy atom. The summed E-state index contributed by atoms with van der Waals surface area (Å²) in [7, 11) is 0. The first-order chi connectivity index (χ1) is 7.27. The first-order valence-electron chi connectivity index (χ1n) is 5.07. The van der Waals surface area contributed by atoms with Gasteiger partial charge in [-0.3, -0.25) is 4.79 Å². The van der Waals surface area contributed by atoms with Crippen LogP contribution >= 0.6 is 0 Å². The highest BCUT2D eigenvalue weighted by Crippen LogP contribution is 2.21. The van der Waals surface area contributed by atoms with Crippen molar-refractivity contribution in [1.29, 1.82) is 0 Å². The zero-order valence-corrected chi connectivity index (χ0v) is 9.70. The van der Waals surface area contributed by atoms with Crippen molar-refractivity contribution in [2.45, 2.75) is 27.7 Å². The number of hydrogen-bond acceptors (Lipinski definition) is 3. The van der Waals surface area contributed by atoms with Gasteiger partial charge in [0.1, 0.15) is 5.69 Å². The Morgan fingerprint density at radius 2 is 2.20 bits per heavy atom. The Balaban J connectivity index is 0.000000921. The molecule has 0 aliphatic carbocycles. The fourth-order valence-electron chi connectivity index (χ4n) is 0.975. The standard InChI is InChI=1S/C9H12N2O2.C2H6/c1-3-13-9-8(11-6-12)4-7(2)5-10-9;1-2/h4-6H,3H2,1-2H3,(H,11,12);1-2H3. The average Bonchev–Trinajstić information content (AvgIpc) is 2.26. The molecule has 15 heavy (non-hydrogen) atoms. The van der Waals surface area contributed by atoms with Crippen LogP contribution < -0.4 is 10.1 Å². The van der Waals surface area contributed by atoms with Crippen LogP contribution in [0.3, 0.4) is 0 Å². The summed E-state index contributed by atoms with van der Waals surface area (Å²) in [4.78, 5) is 14.3. The monoisotopic (exact) mass is 210 g/mol. The van der Waals surface area contributed by atoms with Crippen LogP contribution in [-0.4, -0.2) is 18.0 Å². The molecule has 1 heterocycles. The van der Waals surface area contributed by atoms with E-state index in [4.69, 9.17) is 4.74 Å². The average molecular weight is 210 g/mol. The second-order valence-electron chi connectivity index (χ2n) is 2.56. The van der Waals surface area contributed by atoms with Crippen LogP contribution in [0.1, 0.15) is 26.3 Å². The third-order valence-electron chi connectivity index (χ3n) is 1.48. The molecule has 0 atom stereocenters. The number of nitrogens with zero attached hydrogens (tertiary/aromatic N) is 1. The number of aromatic nitrogens is 1. The number of carbonyl (C=O) groups excluding carboxylic acids is 1. The number of carbonyl (C=O) groups is 1. The van der Waals surface area contributed by atoms with Gasteiger partial charge in [-0.05, 0) is 25.5 Å². The van der Waals surface area contributed by atoms with Gasteiger partial charge in [-0.15, -0.1) is 0 Å². The number of aryl methyl sites for hydroxylation is 1. The highest BCUT2D eigenvalue weighted by molar-refractivity contribution is 5.74. The maximum absolute atomic E-state index is 10.2. The van der Waals surface area contributed by atoms with Crippen LogP contribution in [0.25, 0.3) is 0 Å². The van der Waals surface area contributed by atoms with Gasteiger partial charge in [0, 0.05) is 6.20 Å². The first kappa shape index (κ1) is 13.4. The SMILES string of the molecule is CC.CCOc1ncc(C)cc1NC=O. The lowest BCUT2D eigenvalue weighted by atomic mass is 10.3. The summed E-state index contributed by atoms with van der Waals surface area (Å²) in [5, 5.41) is 2.53. The number of nitrogens with one attached hydrogen (secondary N) is 1. The smallest absolute Gasteiger partial charge is 0.237 e. The molecule has 0 radical (unpaired) electrons. The van der Waals surface area contributed by atoms with E-state index in [1.807, 2.05) is 33.8 Å². The van der Waals surface area contributed by atoms with Crippen molar-refractivity contribution in [2.24, 2.45) is 0 Å². The molecule has 84 valence electrons. The van der Waals surface area contributed by atoms with Crippen molar-refractivity contribution in [3.05, 3.63) is 17.8 Å². The van der Waals surface area contributed by atoms with Gasteiger partial charge in [-0.2, -0.15) is 0 Å². The van der Waals surface area contributed by atoms with Crippen LogP contribution in [0.4, 0.5) is 5.69 Å². The van der Waals surface area contributed by atoms with Gasteiger partial charge in [-0.1, -0.05) is 13.8 Å². The number of ether oxygens (including phenoxy) is 1. The predicted molar refractivity (Wildman–Crippen MR) is 61.2 cm³/mol. The van der Waals surface area contributed by atoms with Gasteiger partial charge >= 0.3 is 0 Å². The van der Waals surface area contributed by atoms with Gasteiger partial charge in [0.25, 0.3) is 0 Å². The Bertz CT molecular complexity index is 301. The third-order valence-corrected chi connectivity index (χ3v) is 1.48. The molecule has 4 nitrogen and oxygen atoms in total. The molecular weight excluding hydrogens is 192 g/mol. The lowest BCUT2D eigenvalue weighted by Crippen LogP contribution is -2.02. The second kappa shape index (κ2) is 7.79. The van der Waals surface area contributed by atoms with Gasteiger partial charge < -0.3 is 10.1 Å². The molecule has 0 aliphatic heterocycles. The maximum atomic E-state index is 10.2. The Labute approximate surface area is 90.7 Å². The summed E-state index contributed by atoms with van der Waals surface area (Å²) < 4.78 is 5.21. The van der Waals surface area contributed by atoms with Crippen molar-refractivity contribution in [1.82, 2.24) is 4.98 Å². The molecule has 0 unspecified atom stereocenters. The molecule has 1 amide bonds. The van der Waals surface area contributed by atoms with Crippen LogP contribution in [-0.2, 0) is 4.79 Å². The minimum Gasteiger partial charge on any atom is -0.476 e. The summed E-state index contributed by atoms with van der Waals surface area (Å²) in [6.45, 7) is 8.30. The Kier molecular flexibility index (Phi) is 6.97. The fraction of sp³-hybridized carbons (Fsp3) is 0.455. The number of pyridine rings is 1. The van der Waals surface area contributed by atoms with Crippen molar-refractivity contribution < 1.29 is 9.53 Å². The fourth-order valence-corrected chi connectivity index (χ4v) is 0.975. The van der Waals surface area contributed by atoms with Crippen molar-refractivity contribution in [3.8, 4) is 5.88 Å².